The second-order valence-electron chi connectivity index (χ2n) is 8.21. The van der Waals surface area contributed by atoms with Crippen LogP contribution in [0.15, 0.2) is 77.6 Å². The number of carbonyl (C=O) groups is 1. The van der Waals surface area contributed by atoms with Gasteiger partial charge in [0, 0.05) is 29.1 Å². The standard InChI is InChI=1S/C27H23N3O3/c1-16-25(18(3)33-29-16)22-13-24-26(28-14-22)23(20-9-11-21(12-10-20)27(31)32)15-30(24)17(2)19-7-5-4-6-8-19/h4-15,17H,1-3H3,(H,31,32)/t17-/m0/s1. The molecule has 0 saturated heterocycles. The third kappa shape index (κ3) is 3.59. The second kappa shape index (κ2) is 8.06. The molecule has 0 aliphatic heterocycles. The van der Waals surface area contributed by atoms with Crippen LogP contribution in [0.1, 0.15) is 40.3 Å². The van der Waals surface area contributed by atoms with Crippen LogP contribution in [-0.4, -0.2) is 25.8 Å². The van der Waals surface area contributed by atoms with Crippen LogP contribution in [0.3, 0.4) is 0 Å². The summed E-state index contributed by atoms with van der Waals surface area (Å²) in [7, 11) is 0. The Bertz CT molecular complexity index is 1440. The molecule has 3 heterocycles. The van der Waals surface area contributed by atoms with Gasteiger partial charge in [-0.1, -0.05) is 47.6 Å². The fourth-order valence-electron chi connectivity index (χ4n) is 4.38. The molecule has 0 bridgehead atoms. The number of nitrogens with zero attached hydrogens (tertiary/aromatic N) is 3. The summed E-state index contributed by atoms with van der Waals surface area (Å²) >= 11 is 0. The zero-order valence-electron chi connectivity index (χ0n) is 18.6. The molecule has 2 aromatic carbocycles. The van der Waals surface area contributed by atoms with Crippen LogP contribution in [0.25, 0.3) is 33.3 Å². The van der Waals surface area contributed by atoms with Crippen molar-refractivity contribution in [2.24, 2.45) is 0 Å². The summed E-state index contributed by atoms with van der Waals surface area (Å²) in [6.45, 7) is 5.99. The maximum absolute atomic E-state index is 11.3. The number of carboxylic acid groups (broad SMARTS) is 1. The van der Waals surface area contributed by atoms with Crippen molar-refractivity contribution < 1.29 is 14.4 Å². The van der Waals surface area contributed by atoms with Crippen molar-refractivity contribution in [3.8, 4) is 22.3 Å². The zero-order valence-corrected chi connectivity index (χ0v) is 18.6. The summed E-state index contributed by atoms with van der Waals surface area (Å²) in [5.74, 6) is -0.184. The van der Waals surface area contributed by atoms with E-state index >= 15 is 0 Å². The van der Waals surface area contributed by atoms with Gasteiger partial charge in [0.1, 0.15) is 5.76 Å². The maximum atomic E-state index is 11.3. The van der Waals surface area contributed by atoms with Crippen molar-refractivity contribution in [2.45, 2.75) is 26.8 Å². The molecule has 1 N–H and O–H groups in total. The quantitative estimate of drug-likeness (QED) is 0.350. The van der Waals surface area contributed by atoms with Gasteiger partial charge in [0.25, 0.3) is 0 Å². The first-order valence-corrected chi connectivity index (χ1v) is 10.8. The minimum atomic E-state index is -0.941. The average Bonchev–Trinajstić information content (AvgIpc) is 3.38. The molecule has 33 heavy (non-hydrogen) atoms. The summed E-state index contributed by atoms with van der Waals surface area (Å²) in [5.41, 5.74) is 7.89. The first kappa shape index (κ1) is 20.7. The Kier molecular flexibility index (Phi) is 5.05. The van der Waals surface area contributed by atoms with Crippen molar-refractivity contribution in [3.05, 3.63) is 95.6 Å². The van der Waals surface area contributed by atoms with E-state index in [0.29, 0.717) is 0 Å². The topological polar surface area (TPSA) is 81.2 Å². The van der Waals surface area contributed by atoms with Crippen molar-refractivity contribution in [2.75, 3.05) is 0 Å². The van der Waals surface area contributed by atoms with Gasteiger partial charge >= 0.3 is 5.97 Å². The number of benzene rings is 2. The van der Waals surface area contributed by atoms with Crippen LogP contribution in [0.4, 0.5) is 0 Å². The molecule has 1 atom stereocenters. The van der Waals surface area contributed by atoms with Gasteiger partial charge in [-0.05, 0) is 50.1 Å². The number of rotatable bonds is 5. The molecule has 0 fully saturated rings. The van der Waals surface area contributed by atoms with Gasteiger partial charge in [0.2, 0.25) is 0 Å². The Morgan fingerprint density at radius 2 is 1.76 bits per heavy atom. The molecule has 5 rings (SSSR count). The first-order chi connectivity index (χ1) is 15.9. The van der Waals surface area contributed by atoms with E-state index in [0.717, 1.165) is 44.7 Å². The molecule has 0 unspecified atom stereocenters. The molecule has 0 aliphatic carbocycles. The van der Waals surface area contributed by atoms with Crippen LogP contribution in [-0.2, 0) is 0 Å². The Balaban J connectivity index is 1.72. The van der Waals surface area contributed by atoms with Crippen molar-refractivity contribution >= 4 is 17.0 Å². The lowest BCUT2D eigenvalue weighted by atomic mass is 10.0. The molecule has 0 spiro atoms. The van der Waals surface area contributed by atoms with Crippen LogP contribution in [0.5, 0.6) is 0 Å². The minimum Gasteiger partial charge on any atom is -0.478 e. The maximum Gasteiger partial charge on any atom is 0.335 e. The van der Waals surface area contributed by atoms with Crippen molar-refractivity contribution in [1.29, 1.82) is 0 Å². The fourth-order valence-corrected chi connectivity index (χ4v) is 4.38. The fraction of sp³-hybridized carbons (Fsp3) is 0.148. The van der Waals surface area contributed by atoms with Crippen LogP contribution >= 0.6 is 0 Å². The van der Waals surface area contributed by atoms with E-state index in [1.54, 1.807) is 12.1 Å². The van der Waals surface area contributed by atoms with Crippen molar-refractivity contribution in [1.82, 2.24) is 14.7 Å². The Hall–Kier alpha value is -4.19. The van der Waals surface area contributed by atoms with Gasteiger partial charge in [0.05, 0.1) is 28.3 Å². The van der Waals surface area contributed by atoms with E-state index in [-0.39, 0.29) is 11.6 Å². The van der Waals surface area contributed by atoms with E-state index in [9.17, 15) is 9.90 Å². The number of aromatic nitrogens is 3. The summed E-state index contributed by atoms with van der Waals surface area (Å²) in [6, 6.07) is 19.4. The molecule has 0 radical (unpaired) electrons. The Labute approximate surface area is 191 Å². The van der Waals surface area contributed by atoms with Gasteiger partial charge in [-0.2, -0.15) is 0 Å². The van der Waals surface area contributed by atoms with E-state index in [2.05, 4.69) is 41.0 Å². The highest BCUT2D eigenvalue weighted by Crippen LogP contribution is 2.36. The highest BCUT2D eigenvalue weighted by atomic mass is 16.5. The summed E-state index contributed by atoms with van der Waals surface area (Å²) in [5, 5.41) is 13.4. The Morgan fingerprint density at radius 1 is 1.03 bits per heavy atom. The molecule has 6 heteroatoms. The number of carboxylic acids is 1. The lowest BCUT2D eigenvalue weighted by molar-refractivity contribution is 0.0697. The molecule has 0 amide bonds. The Morgan fingerprint density at radius 3 is 2.39 bits per heavy atom. The number of hydrogen-bond acceptors (Lipinski definition) is 4. The molecule has 5 aromatic rings. The van der Waals surface area contributed by atoms with E-state index in [1.165, 1.54) is 5.56 Å². The zero-order chi connectivity index (χ0) is 23.1. The molecule has 3 aromatic heterocycles. The number of fused-ring (bicyclic) bond motifs is 1. The molecular formula is C27H23N3O3. The molecule has 0 saturated carbocycles. The minimum absolute atomic E-state index is 0.0717. The molecule has 0 aliphatic rings. The van der Waals surface area contributed by atoms with Gasteiger partial charge in [-0.25, -0.2) is 4.79 Å². The summed E-state index contributed by atoms with van der Waals surface area (Å²) in [4.78, 5) is 16.1. The summed E-state index contributed by atoms with van der Waals surface area (Å²) in [6.07, 6.45) is 3.95. The highest BCUT2D eigenvalue weighted by Gasteiger charge is 2.20. The third-order valence-electron chi connectivity index (χ3n) is 6.13. The predicted molar refractivity (Wildman–Crippen MR) is 127 cm³/mol. The van der Waals surface area contributed by atoms with Gasteiger partial charge in [-0.15, -0.1) is 0 Å². The van der Waals surface area contributed by atoms with Gasteiger partial charge in [0.15, 0.2) is 0 Å². The predicted octanol–water partition coefficient (Wildman–Crippen LogP) is 6.28. The number of pyridine rings is 1. The smallest absolute Gasteiger partial charge is 0.335 e. The van der Waals surface area contributed by atoms with E-state index in [1.807, 2.05) is 50.4 Å². The van der Waals surface area contributed by atoms with E-state index < -0.39 is 5.97 Å². The van der Waals surface area contributed by atoms with Crippen LogP contribution in [0, 0.1) is 13.8 Å². The molecule has 164 valence electrons. The summed E-state index contributed by atoms with van der Waals surface area (Å²) < 4.78 is 7.60. The number of hydrogen-bond donors (Lipinski definition) is 1. The van der Waals surface area contributed by atoms with Crippen LogP contribution in [0.2, 0.25) is 0 Å². The first-order valence-electron chi connectivity index (χ1n) is 10.8. The normalized spacial score (nSPS) is 12.2. The lowest BCUT2D eigenvalue weighted by Crippen LogP contribution is -2.05. The third-order valence-corrected chi connectivity index (χ3v) is 6.13. The molecular weight excluding hydrogens is 414 g/mol. The van der Waals surface area contributed by atoms with E-state index in [4.69, 9.17) is 9.51 Å². The second-order valence-corrected chi connectivity index (χ2v) is 8.21. The monoisotopic (exact) mass is 437 g/mol. The average molecular weight is 437 g/mol. The highest BCUT2D eigenvalue weighted by molar-refractivity contribution is 5.96. The number of aromatic carboxylic acids is 1. The SMILES string of the molecule is Cc1noc(C)c1-c1cnc2c(-c3ccc(C(=O)O)cc3)cn([C@@H](C)c3ccccc3)c2c1. The lowest BCUT2D eigenvalue weighted by Gasteiger charge is -2.16. The van der Waals surface area contributed by atoms with Gasteiger partial charge in [-0.3, -0.25) is 4.98 Å². The van der Waals surface area contributed by atoms with Crippen molar-refractivity contribution in [3.63, 3.8) is 0 Å². The van der Waals surface area contributed by atoms with Crippen LogP contribution < -0.4 is 0 Å². The largest absolute Gasteiger partial charge is 0.478 e. The van der Waals surface area contributed by atoms with Gasteiger partial charge < -0.3 is 14.2 Å². The number of aryl methyl sites for hydroxylation is 2. The molecule has 6 nitrogen and oxygen atoms in total.